The largest absolute Gasteiger partial charge is 0.484 e. The van der Waals surface area contributed by atoms with Crippen LogP contribution in [0.3, 0.4) is 0 Å². The maximum absolute atomic E-state index is 11.5. The van der Waals surface area contributed by atoms with Crippen molar-refractivity contribution in [1.82, 2.24) is 0 Å². The van der Waals surface area contributed by atoms with E-state index in [1.165, 1.54) is 13.0 Å². The molecular weight excluding hydrogens is 272 g/mol. The minimum Gasteiger partial charge on any atom is -0.484 e. The van der Waals surface area contributed by atoms with Crippen molar-refractivity contribution in [1.29, 1.82) is 0 Å². The highest BCUT2D eigenvalue weighted by Crippen LogP contribution is 2.38. The molecule has 0 bridgehead atoms. The molecule has 2 heterocycles. The molecule has 0 saturated heterocycles. The molecule has 2 aromatic rings. The smallest absolute Gasteiger partial charge is 0.336 e. The Kier molecular flexibility index (Phi) is 3.01. The number of hydrogen-bond acceptors (Lipinski definition) is 5. The van der Waals surface area contributed by atoms with Gasteiger partial charge in [0.05, 0.1) is 0 Å². The molecule has 1 aromatic heterocycles. The number of fused-ring (bicyclic) bond motifs is 3. The second-order valence-electron chi connectivity index (χ2n) is 5.72. The van der Waals surface area contributed by atoms with Gasteiger partial charge in [-0.3, -0.25) is 4.79 Å². The zero-order valence-corrected chi connectivity index (χ0v) is 12.1. The average Bonchev–Trinajstić information content (AvgIpc) is 2.38. The van der Waals surface area contributed by atoms with Gasteiger partial charge in [0.25, 0.3) is 0 Å². The molecule has 0 fully saturated rings. The Hall–Kier alpha value is -2.30. The highest BCUT2D eigenvalue weighted by molar-refractivity contribution is 5.82. The van der Waals surface area contributed by atoms with Gasteiger partial charge in [-0.25, -0.2) is 4.79 Å². The second kappa shape index (κ2) is 4.62. The third-order valence-corrected chi connectivity index (χ3v) is 3.70. The van der Waals surface area contributed by atoms with E-state index in [-0.39, 0.29) is 5.97 Å². The van der Waals surface area contributed by atoms with E-state index in [4.69, 9.17) is 13.9 Å². The quantitative estimate of drug-likeness (QED) is 0.595. The first-order valence-corrected chi connectivity index (χ1v) is 6.79. The first kappa shape index (κ1) is 13.7. The molecule has 1 unspecified atom stereocenters. The summed E-state index contributed by atoms with van der Waals surface area (Å²) < 4.78 is 16.6. The van der Waals surface area contributed by atoms with Gasteiger partial charge in [-0.15, -0.1) is 0 Å². The lowest BCUT2D eigenvalue weighted by molar-refractivity contribution is -0.158. The SMILES string of the molecule is CC(=O)OC1Cc2c(ccc3ccc(=O)oc23)OC1(C)C. The molecule has 21 heavy (non-hydrogen) atoms. The van der Waals surface area contributed by atoms with E-state index in [0.717, 1.165) is 10.9 Å². The number of carbonyl (C=O) groups excluding carboxylic acids is 1. The predicted octanol–water partition coefficient (Wildman–Crippen LogP) is 2.44. The van der Waals surface area contributed by atoms with E-state index in [0.29, 0.717) is 17.8 Å². The van der Waals surface area contributed by atoms with Gasteiger partial charge < -0.3 is 13.9 Å². The van der Waals surface area contributed by atoms with Crippen molar-refractivity contribution >= 4 is 16.9 Å². The summed E-state index contributed by atoms with van der Waals surface area (Å²) in [6.45, 7) is 5.11. The van der Waals surface area contributed by atoms with Crippen molar-refractivity contribution in [2.75, 3.05) is 0 Å². The zero-order valence-electron chi connectivity index (χ0n) is 12.1. The number of ether oxygens (including phenoxy) is 2. The van der Waals surface area contributed by atoms with Gasteiger partial charge in [0.2, 0.25) is 0 Å². The molecule has 0 N–H and O–H groups in total. The van der Waals surface area contributed by atoms with Crippen molar-refractivity contribution in [3.8, 4) is 5.75 Å². The molecule has 5 heteroatoms. The molecule has 3 rings (SSSR count). The van der Waals surface area contributed by atoms with Gasteiger partial charge in [-0.1, -0.05) is 0 Å². The van der Waals surface area contributed by atoms with E-state index < -0.39 is 17.3 Å². The summed E-state index contributed by atoms with van der Waals surface area (Å²) in [6.07, 6.45) is 0.0188. The number of carbonyl (C=O) groups is 1. The lowest BCUT2D eigenvalue weighted by Crippen LogP contribution is -2.48. The van der Waals surface area contributed by atoms with Crippen molar-refractivity contribution in [3.63, 3.8) is 0 Å². The standard InChI is InChI=1S/C16H16O5/c1-9(17)19-13-8-11-12(21-16(13,2)3)6-4-10-5-7-14(18)20-15(10)11/h4-7,13H,8H2,1-3H3. The third kappa shape index (κ3) is 2.39. The lowest BCUT2D eigenvalue weighted by atomic mass is 9.90. The van der Waals surface area contributed by atoms with Gasteiger partial charge in [-0.2, -0.15) is 0 Å². The van der Waals surface area contributed by atoms with Crippen LogP contribution in [-0.2, 0) is 16.0 Å². The Labute approximate surface area is 121 Å². The summed E-state index contributed by atoms with van der Waals surface area (Å²) in [4.78, 5) is 22.7. The molecule has 1 atom stereocenters. The van der Waals surface area contributed by atoms with Crippen LogP contribution < -0.4 is 10.4 Å². The van der Waals surface area contributed by atoms with Crippen molar-refractivity contribution < 1.29 is 18.7 Å². The summed E-state index contributed by atoms with van der Waals surface area (Å²) in [5.74, 6) is 0.298. The Morgan fingerprint density at radius 3 is 2.71 bits per heavy atom. The van der Waals surface area contributed by atoms with Crippen LogP contribution in [0.4, 0.5) is 0 Å². The normalized spacial score (nSPS) is 19.7. The Bertz CT molecular complexity index is 772. The molecule has 110 valence electrons. The molecule has 0 aliphatic carbocycles. The monoisotopic (exact) mass is 288 g/mol. The van der Waals surface area contributed by atoms with Crippen LogP contribution in [0.5, 0.6) is 5.75 Å². The third-order valence-electron chi connectivity index (χ3n) is 3.70. The van der Waals surface area contributed by atoms with Gasteiger partial charge in [0.1, 0.15) is 23.0 Å². The molecule has 1 aliphatic rings. The molecule has 0 spiro atoms. The average molecular weight is 288 g/mol. The number of rotatable bonds is 1. The maximum Gasteiger partial charge on any atom is 0.336 e. The van der Waals surface area contributed by atoms with Gasteiger partial charge in [0, 0.05) is 30.4 Å². The molecule has 1 aromatic carbocycles. The van der Waals surface area contributed by atoms with Crippen LogP contribution in [0.25, 0.3) is 11.0 Å². The Morgan fingerprint density at radius 2 is 2.00 bits per heavy atom. The molecule has 5 nitrogen and oxygen atoms in total. The summed E-state index contributed by atoms with van der Waals surface area (Å²) >= 11 is 0. The summed E-state index contributed by atoms with van der Waals surface area (Å²) in [7, 11) is 0. The van der Waals surface area contributed by atoms with Crippen LogP contribution in [0.1, 0.15) is 26.3 Å². The van der Waals surface area contributed by atoms with E-state index in [1.807, 2.05) is 26.0 Å². The maximum atomic E-state index is 11.5. The van der Waals surface area contributed by atoms with E-state index in [1.54, 1.807) is 6.07 Å². The first-order chi connectivity index (χ1) is 9.87. The fourth-order valence-corrected chi connectivity index (χ4v) is 2.63. The Morgan fingerprint density at radius 1 is 1.29 bits per heavy atom. The molecule has 0 amide bonds. The van der Waals surface area contributed by atoms with Gasteiger partial charge in [0.15, 0.2) is 0 Å². The van der Waals surface area contributed by atoms with Crippen molar-refractivity contribution in [2.24, 2.45) is 0 Å². The highest BCUT2D eigenvalue weighted by Gasteiger charge is 2.40. The topological polar surface area (TPSA) is 65.7 Å². The number of hydrogen-bond donors (Lipinski definition) is 0. The highest BCUT2D eigenvalue weighted by atomic mass is 16.6. The first-order valence-electron chi connectivity index (χ1n) is 6.79. The predicted molar refractivity (Wildman–Crippen MR) is 76.4 cm³/mol. The number of benzene rings is 1. The van der Waals surface area contributed by atoms with Crippen LogP contribution in [-0.4, -0.2) is 17.7 Å². The molecule has 0 saturated carbocycles. The van der Waals surface area contributed by atoms with Crippen LogP contribution in [0.15, 0.2) is 33.5 Å². The summed E-state index contributed by atoms with van der Waals surface area (Å²) in [5, 5.41) is 0.818. The van der Waals surface area contributed by atoms with Crippen LogP contribution >= 0.6 is 0 Å². The van der Waals surface area contributed by atoms with E-state index in [9.17, 15) is 9.59 Å². The molecule has 0 radical (unpaired) electrons. The van der Waals surface area contributed by atoms with Crippen LogP contribution in [0, 0.1) is 0 Å². The molecule has 1 aliphatic heterocycles. The van der Waals surface area contributed by atoms with Gasteiger partial charge >= 0.3 is 11.6 Å². The van der Waals surface area contributed by atoms with Crippen LogP contribution in [0.2, 0.25) is 0 Å². The van der Waals surface area contributed by atoms with Gasteiger partial charge in [-0.05, 0) is 32.0 Å². The molecular formula is C16H16O5. The zero-order chi connectivity index (χ0) is 15.2. The minimum absolute atomic E-state index is 0.359. The van der Waals surface area contributed by atoms with Crippen molar-refractivity contribution in [3.05, 3.63) is 40.2 Å². The fraction of sp³-hybridized carbons (Fsp3) is 0.375. The summed E-state index contributed by atoms with van der Waals surface area (Å²) in [6, 6.07) is 6.79. The fourth-order valence-electron chi connectivity index (χ4n) is 2.63. The van der Waals surface area contributed by atoms with E-state index in [2.05, 4.69) is 0 Å². The summed E-state index contributed by atoms with van der Waals surface area (Å²) in [5.41, 5.74) is 0.203. The minimum atomic E-state index is -0.637. The van der Waals surface area contributed by atoms with Crippen molar-refractivity contribution in [2.45, 2.75) is 38.9 Å². The second-order valence-corrected chi connectivity index (χ2v) is 5.72. The Balaban J connectivity index is 2.15. The number of esters is 1. The van der Waals surface area contributed by atoms with E-state index >= 15 is 0 Å². The lowest BCUT2D eigenvalue weighted by Gasteiger charge is -2.39.